The number of ether oxygens (including phenoxy) is 1. The smallest absolute Gasteiger partial charge is 0.318 e. The number of pyridine rings is 1. The maximum Gasteiger partial charge on any atom is 0.318 e. The van der Waals surface area contributed by atoms with Gasteiger partial charge in [0.1, 0.15) is 5.92 Å². The van der Waals surface area contributed by atoms with Crippen LogP contribution in [0.4, 0.5) is 0 Å². The lowest BCUT2D eigenvalue weighted by Crippen LogP contribution is -2.15. The predicted molar refractivity (Wildman–Crippen MR) is 71.0 cm³/mol. The molecule has 1 unspecified atom stereocenters. The Morgan fingerprint density at radius 3 is 2.75 bits per heavy atom. The van der Waals surface area contributed by atoms with Gasteiger partial charge in [-0.2, -0.15) is 4.98 Å². The fourth-order valence-electron chi connectivity index (χ4n) is 1.85. The standard InChI is InChI=1S/C14H17N3O3/c1-3-11(14(18)19-4-2)13-16-12(17-20-13)9-10-5-7-15-8-6-10/h5-8,11H,3-4,9H2,1-2H3. The third kappa shape index (κ3) is 3.40. The van der Waals surface area contributed by atoms with Crippen LogP contribution in [0, 0.1) is 0 Å². The molecule has 0 radical (unpaired) electrons. The van der Waals surface area contributed by atoms with Crippen molar-refractivity contribution in [1.29, 1.82) is 0 Å². The maximum atomic E-state index is 11.8. The summed E-state index contributed by atoms with van der Waals surface area (Å²) >= 11 is 0. The highest BCUT2D eigenvalue weighted by Gasteiger charge is 2.26. The summed E-state index contributed by atoms with van der Waals surface area (Å²) in [5.74, 6) is 0.0479. The van der Waals surface area contributed by atoms with Crippen molar-refractivity contribution in [3.05, 3.63) is 41.8 Å². The van der Waals surface area contributed by atoms with Crippen LogP contribution < -0.4 is 0 Å². The monoisotopic (exact) mass is 275 g/mol. The van der Waals surface area contributed by atoms with Crippen molar-refractivity contribution in [3.8, 4) is 0 Å². The Morgan fingerprint density at radius 1 is 1.35 bits per heavy atom. The molecular weight excluding hydrogens is 258 g/mol. The largest absolute Gasteiger partial charge is 0.465 e. The molecule has 2 rings (SSSR count). The van der Waals surface area contributed by atoms with E-state index in [0.717, 1.165) is 5.56 Å². The van der Waals surface area contributed by atoms with Gasteiger partial charge in [-0.05, 0) is 31.0 Å². The number of carbonyl (C=O) groups excluding carboxylic acids is 1. The van der Waals surface area contributed by atoms with Gasteiger partial charge in [0.25, 0.3) is 0 Å². The summed E-state index contributed by atoms with van der Waals surface area (Å²) < 4.78 is 10.2. The second-order valence-corrected chi connectivity index (χ2v) is 4.29. The van der Waals surface area contributed by atoms with E-state index in [2.05, 4.69) is 15.1 Å². The summed E-state index contributed by atoms with van der Waals surface area (Å²) in [4.78, 5) is 20.0. The summed E-state index contributed by atoms with van der Waals surface area (Å²) in [6, 6.07) is 3.78. The molecule has 6 nitrogen and oxygen atoms in total. The lowest BCUT2D eigenvalue weighted by molar-refractivity contribution is -0.145. The lowest BCUT2D eigenvalue weighted by atomic mass is 10.1. The van der Waals surface area contributed by atoms with Crippen molar-refractivity contribution < 1.29 is 14.1 Å². The predicted octanol–water partition coefficient (Wildman–Crippen LogP) is 2.11. The number of nitrogens with zero attached hydrogens (tertiary/aromatic N) is 3. The van der Waals surface area contributed by atoms with E-state index in [9.17, 15) is 4.79 Å². The molecule has 0 saturated carbocycles. The van der Waals surface area contributed by atoms with Gasteiger partial charge in [-0.1, -0.05) is 12.1 Å². The van der Waals surface area contributed by atoms with Gasteiger partial charge in [0.05, 0.1) is 6.61 Å². The molecule has 0 aliphatic rings. The lowest BCUT2D eigenvalue weighted by Gasteiger charge is -2.08. The molecule has 0 amide bonds. The zero-order chi connectivity index (χ0) is 14.4. The average molecular weight is 275 g/mol. The summed E-state index contributed by atoms with van der Waals surface area (Å²) in [6.07, 6.45) is 4.54. The van der Waals surface area contributed by atoms with Crippen LogP contribution in [-0.2, 0) is 16.0 Å². The second kappa shape index (κ2) is 6.79. The van der Waals surface area contributed by atoms with Gasteiger partial charge in [0, 0.05) is 18.8 Å². The Labute approximate surface area is 117 Å². The molecule has 106 valence electrons. The highest BCUT2D eigenvalue weighted by molar-refractivity contribution is 5.76. The number of aromatic nitrogens is 3. The van der Waals surface area contributed by atoms with E-state index in [1.807, 2.05) is 19.1 Å². The SMILES string of the molecule is CCOC(=O)C(CC)c1nc(Cc2ccncc2)no1. The van der Waals surface area contributed by atoms with Gasteiger partial charge in [0.15, 0.2) is 5.82 Å². The Balaban J connectivity index is 2.09. The van der Waals surface area contributed by atoms with Crippen molar-refractivity contribution >= 4 is 5.97 Å². The molecule has 2 heterocycles. The van der Waals surface area contributed by atoms with Gasteiger partial charge >= 0.3 is 5.97 Å². The molecule has 0 aliphatic heterocycles. The van der Waals surface area contributed by atoms with E-state index >= 15 is 0 Å². The van der Waals surface area contributed by atoms with Crippen LogP contribution in [-0.4, -0.2) is 27.7 Å². The zero-order valence-electron chi connectivity index (χ0n) is 11.6. The van der Waals surface area contributed by atoms with E-state index in [1.54, 1.807) is 19.3 Å². The molecule has 2 aromatic heterocycles. The first-order chi connectivity index (χ1) is 9.74. The number of rotatable bonds is 6. The van der Waals surface area contributed by atoms with Crippen molar-refractivity contribution in [2.75, 3.05) is 6.61 Å². The fraction of sp³-hybridized carbons (Fsp3) is 0.429. The van der Waals surface area contributed by atoms with E-state index in [-0.39, 0.29) is 5.97 Å². The first-order valence-corrected chi connectivity index (χ1v) is 6.62. The molecule has 0 spiro atoms. The Bertz CT molecular complexity index is 554. The summed E-state index contributed by atoms with van der Waals surface area (Å²) in [5, 5.41) is 3.91. The Kier molecular flexibility index (Phi) is 4.81. The average Bonchev–Trinajstić information content (AvgIpc) is 2.89. The molecule has 0 bridgehead atoms. The molecule has 0 N–H and O–H groups in total. The molecule has 20 heavy (non-hydrogen) atoms. The molecular formula is C14H17N3O3. The van der Waals surface area contributed by atoms with Crippen molar-refractivity contribution in [1.82, 2.24) is 15.1 Å². The first-order valence-electron chi connectivity index (χ1n) is 6.62. The number of esters is 1. The topological polar surface area (TPSA) is 78.1 Å². The molecule has 0 saturated heterocycles. The molecule has 1 atom stereocenters. The third-order valence-electron chi connectivity index (χ3n) is 2.87. The van der Waals surface area contributed by atoms with Crippen LogP contribution in [0.25, 0.3) is 0 Å². The Morgan fingerprint density at radius 2 is 2.10 bits per heavy atom. The van der Waals surface area contributed by atoms with Crippen LogP contribution in [0.1, 0.15) is 43.5 Å². The highest BCUT2D eigenvalue weighted by atomic mass is 16.5. The van der Waals surface area contributed by atoms with Crippen LogP contribution >= 0.6 is 0 Å². The minimum Gasteiger partial charge on any atom is -0.465 e. The van der Waals surface area contributed by atoms with Crippen molar-refractivity contribution in [3.63, 3.8) is 0 Å². The number of hydrogen-bond donors (Lipinski definition) is 0. The van der Waals surface area contributed by atoms with E-state index in [1.165, 1.54) is 0 Å². The molecule has 6 heteroatoms. The van der Waals surface area contributed by atoms with Crippen LogP contribution in [0.15, 0.2) is 29.0 Å². The van der Waals surface area contributed by atoms with E-state index in [4.69, 9.17) is 9.26 Å². The van der Waals surface area contributed by atoms with Crippen molar-refractivity contribution in [2.45, 2.75) is 32.6 Å². The highest BCUT2D eigenvalue weighted by Crippen LogP contribution is 2.20. The molecule has 0 fully saturated rings. The minimum atomic E-state index is -0.492. The summed E-state index contributed by atoms with van der Waals surface area (Å²) in [5.41, 5.74) is 1.04. The van der Waals surface area contributed by atoms with Crippen LogP contribution in [0.2, 0.25) is 0 Å². The van der Waals surface area contributed by atoms with Gasteiger partial charge in [-0.25, -0.2) is 0 Å². The fourth-order valence-corrected chi connectivity index (χ4v) is 1.85. The van der Waals surface area contributed by atoms with Gasteiger partial charge in [0.2, 0.25) is 5.89 Å². The zero-order valence-corrected chi connectivity index (χ0v) is 11.6. The third-order valence-corrected chi connectivity index (χ3v) is 2.87. The van der Waals surface area contributed by atoms with Gasteiger partial charge < -0.3 is 9.26 Å². The Hall–Kier alpha value is -2.24. The van der Waals surface area contributed by atoms with Gasteiger partial charge in [-0.3, -0.25) is 9.78 Å². The first kappa shape index (κ1) is 14.2. The van der Waals surface area contributed by atoms with E-state index < -0.39 is 5.92 Å². The molecule has 0 aliphatic carbocycles. The maximum absolute atomic E-state index is 11.8. The minimum absolute atomic E-state index is 0.315. The quantitative estimate of drug-likeness (QED) is 0.751. The van der Waals surface area contributed by atoms with Crippen molar-refractivity contribution in [2.24, 2.45) is 0 Å². The summed E-state index contributed by atoms with van der Waals surface area (Å²) in [6.45, 7) is 4.00. The van der Waals surface area contributed by atoms with Crippen LogP contribution in [0.3, 0.4) is 0 Å². The molecule has 0 aromatic carbocycles. The number of carbonyl (C=O) groups is 1. The summed E-state index contributed by atoms with van der Waals surface area (Å²) in [7, 11) is 0. The second-order valence-electron chi connectivity index (χ2n) is 4.29. The normalized spacial score (nSPS) is 12.1. The molecule has 2 aromatic rings. The number of hydrogen-bond acceptors (Lipinski definition) is 6. The van der Waals surface area contributed by atoms with Gasteiger partial charge in [-0.15, -0.1) is 0 Å². The van der Waals surface area contributed by atoms with E-state index in [0.29, 0.717) is 31.2 Å². The van der Waals surface area contributed by atoms with Crippen LogP contribution in [0.5, 0.6) is 0 Å².